The first-order valence-electron chi connectivity index (χ1n) is 11.3. The normalized spacial score (nSPS) is 17.0. The molecule has 1 atom stereocenters. The predicted molar refractivity (Wildman–Crippen MR) is 122 cm³/mol. The van der Waals surface area contributed by atoms with Crippen LogP contribution in [0.2, 0.25) is 0 Å². The van der Waals surface area contributed by atoms with Gasteiger partial charge in [-0.25, -0.2) is 9.97 Å². The summed E-state index contributed by atoms with van der Waals surface area (Å²) in [4.78, 5) is 11.4. The number of H-pyrrole nitrogens is 1. The molecular formula is C25H33N5O. The van der Waals surface area contributed by atoms with E-state index in [1.165, 1.54) is 11.1 Å². The Kier molecular flexibility index (Phi) is 6.66. The van der Waals surface area contributed by atoms with Crippen molar-refractivity contribution in [2.24, 2.45) is 0 Å². The molecule has 0 unspecified atom stereocenters. The van der Waals surface area contributed by atoms with Gasteiger partial charge in [0.05, 0.1) is 11.4 Å². The number of aromatic amines is 1. The number of benzene rings is 1. The van der Waals surface area contributed by atoms with Crippen LogP contribution in [0.5, 0.6) is 5.75 Å². The Labute approximate surface area is 185 Å². The summed E-state index contributed by atoms with van der Waals surface area (Å²) >= 11 is 0. The third-order valence-corrected chi connectivity index (χ3v) is 5.93. The second-order valence-electron chi connectivity index (χ2n) is 9.16. The highest BCUT2D eigenvalue weighted by atomic mass is 16.5. The summed E-state index contributed by atoms with van der Waals surface area (Å²) in [5.41, 5.74) is 4.63. The van der Waals surface area contributed by atoms with Gasteiger partial charge in [0.2, 0.25) is 0 Å². The van der Waals surface area contributed by atoms with Gasteiger partial charge in [0, 0.05) is 42.9 Å². The maximum atomic E-state index is 5.93. The molecule has 0 aliphatic carbocycles. The molecular weight excluding hydrogens is 386 g/mol. The number of aromatic nitrogens is 4. The Hall–Kier alpha value is -2.73. The molecule has 1 N–H and O–H groups in total. The van der Waals surface area contributed by atoms with Gasteiger partial charge in [-0.05, 0) is 42.6 Å². The predicted octanol–water partition coefficient (Wildman–Crippen LogP) is 5.02. The first-order valence-corrected chi connectivity index (χ1v) is 11.3. The third-order valence-electron chi connectivity index (χ3n) is 5.93. The number of likely N-dealkylation sites (tertiary alicyclic amines) is 1. The van der Waals surface area contributed by atoms with Crippen molar-refractivity contribution >= 4 is 0 Å². The number of ether oxygens (including phenoxy) is 1. The molecule has 1 fully saturated rings. The highest BCUT2D eigenvalue weighted by Gasteiger charge is 2.26. The van der Waals surface area contributed by atoms with Crippen molar-refractivity contribution < 1.29 is 4.74 Å². The number of nitrogens with one attached hydrogen (secondary N) is 1. The van der Waals surface area contributed by atoms with Gasteiger partial charge in [-0.3, -0.25) is 10.00 Å². The molecule has 1 aliphatic rings. The molecule has 164 valence electrons. The molecule has 6 heteroatoms. The van der Waals surface area contributed by atoms with E-state index in [0.29, 0.717) is 24.4 Å². The van der Waals surface area contributed by atoms with Crippen LogP contribution in [0.3, 0.4) is 0 Å². The molecule has 0 spiro atoms. The molecule has 3 heterocycles. The van der Waals surface area contributed by atoms with Gasteiger partial charge in [0.25, 0.3) is 0 Å². The fourth-order valence-electron chi connectivity index (χ4n) is 3.99. The highest BCUT2D eigenvalue weighted by Crippen LogP contribution is 2.27. The smallest absolute Gasteiger partial charge is 0.130 e. The van der Waals surface area contributed by atoms with Gasteiger partial charge >= 0.3 is 0 Å². The molecule has 1 aliphatic heterocycles. The van der Waals surface area contributed by atoms with E-state index in [1.54, 1.807) is 0 Å². The van der Waals surface area contributed by atoms with Crippen LogP contribution >= 0.6 is 0 Å². The minimum atomic E-state index is 0.363. The van der Waals surface area contributed by atoms with E-state index in [2.05, 4.69) is 71.0 Å². The Bertz CT molecular complexity index is 962. The summed E-state index contributed by atoms with van der Waals surface area (Å²) in [5, 5.41) is 7.71. The number of hydrogen-bond acceptors (Lipinski definition) is 5. The number of hydrogen-bond donors (Lipinski definition) is 1. The Morgan fingerprint density at radius 3 is 2.48 bits per heavy atom. The zero-order chi connectivity index (χ0) is 21.8. The number of rotatable bonds is 8. The molecule has 0 bridgehead atoms. The first-order chi connectivity index (χ1) is 15.0. The Balaban J connectivity index is 1.28. The summed E-state index contributed by atoms with van der Waals surface area (Å²) in [6, 6.07) is 10.5. The quantitative estimate of drug-likeness (QED) is 0.556. The van der Waals surface area contributed by atoms with Gasteiger partial charge in [0.15, 0.2) is 0 Å². The van der Waals surface area contributed by atoms with E-state index in [1.807, 2.05) is 24.5 Å². The van der Waals surface area contributed by atoms with Crippen molar-refractivity contribution in [3.63, 3.8) is 0 Å². The van der Waals surface area contributed by atoms with Gasteiger partial charge < -0.3 is 4.74 Å². The lowest BCUT2D eigenvalue weighted by molar-refractivity contribution is 0.301. The van der Waals surface area contributed by atoms with E-state index in [4.69, 9.17) is 4.74 Å². The molecule has 3 aromatic rings. The van der Waals surface area contributed by atoms with Crippen LogP contribution in [0.25, 0.3) is 0 Å². The van der Waals surface area contributed by atoms with Crippen molar-refractivity contribution in [2.45, 2.75) is 65.0 Å². The molecule has 6 nitrogen and oxygen atoms in total. The zero-order valence-electron chi connectivity index (χ0n) is 19.0. The second-order valence-corrected chi connectivity index (χ2v) is 9.16. The van der Waals surface area contributed by atoms with Crippen LogP contribution in [-0.4, -0.2) is 38.2 Å². The maximum absolute atomic E-state index is 5.93. The van der Waals surface area contributed by atoms with Crippen LogP contribution in [-0.2, 0) is 13.2 Å². The van der Waals surface area contributed by atoms with Crippen molar-refractivity contribution in [1.82, 2.24) is 25.1 Å². The SMILES string of the molecule is CC(C)c1ccc(OCc2cc([C@H]3CCN(Cc4cnc(C(C)C)nc4)C3)n[nH]2)cc1. The standard InChI is InChI=1S/C25H33N5O/c1-17(2)20-5-7-23(8-6-20)31-16-22-11-24(29-28-22)21-9-10-30(15-21)14-19-12-26-25(18(3)4)27-13-19/h5-8,11-13,17-18,21H,9-10,14-16H2,1-4H3,(H,28,29)/t21-/m0/s1. The molecule has 1 aromatic carbocycles. The van der Waals surface area contributed by atoms with E-state index < -0.39 is 0 Å². The molecule has 0 radical (unpaired) electrons. The van der Waals surface area contributed by atoms with Crippen molar-refractivity contribution in [2.75, 3.05) is 13.1 Å². The summed E-state index contributed by atoms with van der Waals surface area (Å²) in [6.07, 6.45) is 5.05. The summed E-state index contributed by atoms with van der Waals surface area (Å²) in [5.74, 6) is 3.14. The lowest BCUT2D eigenvalue weighted by atomic mass is 10.0. The van der Waals surface area contributed by atoms with E-state index in [9.17, 15) is 0 Å². The summed E-state index contributed by atoms with van der Waals surface area (Å²) < 4.78 is 5.93. The summed E-state index contributed by atoms with van der Waals surface area (Å²) in [6.45, 7) is 12.1. The van der Waals surface area contributed by atoms with Gasteiger partial charge in [0.1, 0.15) is 18.2 Å². The lowest BCUT2D eigenvalue weighted by Gasteiger charge is -2.15. The first kappa shape index (κ1) is 21.5. The van der Waals surface area contributed by atoms with Crippen LogP contribution in [0.1, 0.15) is 80.2 Å². The van der Waals surface area contributed by atoms with Gasteiger partial charge in [-0.2, -0.15) is 5.10 Å². The monoisotopic (exact) mass is 419 g/mol. The Morgan fingerprint density at radius 1 is 1.06 bits per heavy atom. The van der Waals surface area contributed by atoms with Crippen LogP contribution in [0, 0.1) is 0 Å². The molecule has 0 amide bonds. The fraction of sp³-hybridized carbons (Fsp3) is 0.480. The molecule has 31 heavy (non-hydrogen) atoms. The van der Waals surface area contributed by atoms with Crippen LogP contribution in [0.4, 0.5) is 0 Å². The lowest BCUT2D eigenvalue weighted by Crippen LogP contribution is -2.20. The average Bonchev–Trinajstić information content (AvgIpc) is 3.42. The number of nitrogens with zero attached hydrogens (tertiary/aromatic N) is 4. The largest absolute Gasteiger partial charge is 0.487 e. The zero-order valence-corrected chi connectivity index (χ0v) is 19.0. The second kappa shape index (κ2) is 9.60. The van der Waals surface area contributed by atoms with Gasteiger partial charge in [-0.1, -0.05) is 39.8 Å². The average molecular weight is 420 g/mol. The maximum Gasteiger partial charge on any atom is 0.130 e. The van der Waals surface area contributed by atoms with Crippen LogP contribution in [0.15, 0.2) is 42.7 Å². The van der Waals surface area contributed by atoms with Crippen molar-refractivity contribution in [1.29, 1.82) is 0 Å². The summed E-state index contributed by atoms with van der Waals surface area (Å²) in [7, 11) is 0. The molecule has 1 saturated heterocycles. The molecule has 2 aromatic heterocycles. The van der Waals surface area contributed by atoms with E-state index in [0.717, 1.165) is 49.0 Å². The van der Waals surface area contributed by atoms with E-state index in [-0.39, 0.29) is 0 Å². The van der Waals surface area contributed by atoms with Crippen LogP contribution < -0.4 is 4.74 Å². The van der Waals surface area contributed by atoms with Gasteiger partial charge in [-0.15, -0.1) is 0 Å². The van der Waals surface area contributed by atoms with Crippen molar-refractivity contribution in [3.8, 4) is 5.75 Å². The third kappa shape index (κ3) is 5.50. The van der Waals surface area contributed by atoms with E-state index >= 15 is 0 Å². The molecule has 0 saturated carbocycles. The minimum Gasteiger partial charge on any atom is -0.487 e. The minimum absolute atomic E-state index is 0.363. The molecule has 4 rings (SSSR count). The highest BCUT2D eigenvalue weighted by molar-refractivity contribution is 5.29. The fourth-order valence-corrected chi connectivity index (χ4v) is 3.99. The topological polar surface area (TPSA) is 66.9 Å². The van der Waals surface area contributed by atoms with Crippen molar-refractivity contribution in [3.05, 3.63) is 71.1 Å². The Morgan fingerprint density at radius 2 is 1.81 bits per heavy atom.